The second kappa shape index (κ2) is 10.5. The summed E-state index contributed by atoms with van der Waals surface area (Å²) in [6.07, 6.45) is 3.70. The number of pyridine rings is 1. The van der Waals surface area contributed by atoms with Crippen LogP contribution in [0.4, 0.5) is 11.5 Å². The van der Waals surface area contributed by atoms with Crippen molar-refractivity contribution in [2.45, 2.75) is 26.4 Å². The topological polar surface area (TPSA) is 116 Å². The number of nitrogens with one attached hydrogen (secondary N) is 2. The fourth-order valence-corrected chi connectivity index (χ4v) is 3.70. The van der Waals surface area contributed by atoms with E-state index < -0.39 is 0 Å². The minimum absolute atomic E-state index is 0.0323. The first kappa shape index (κ1) is 23.5. The Morgan fingerprint density at radius 2 is 1.94 bits per heavy atom. The highest BCUT2D eigenvalue weighted by molar-refractivity contribution is 5.66. The van der Waals surface area contributed by atoms with E-state index in [0.717, 1.165) is 22.4 Å². The van der Waals surface area contributed by atoms with E-state index in [4.69, 9.17) is 4.74 Å². The van der Waals surface area contributed by atoms with E-state index in [0.29, 0.717) is 29.4 Å². The molecule has 4 rings (SSSR count). The van der Waals surface area contributed by atoms with Crippen molar-refractivity contribution in [3.05, 3.63) is 89.5 Å². The molecule has 176 valence electrons. The lowest BCUT2D eigenvalue weighted by atomic mass is 10.1. The molecule has 0 fully saturated rings. The molecule has 0 radical (unpaired) electrons. The van der Waals surface area contributed by atoms with Gasteiger partial charge in [-0.25, -0.2) is 9.97 Å². The van der Waals surface area contributed by atoms with Gasteiger partial charge in [-0.15, -0.1) is 0 Å². The minimum atomic E-state index is -0.0824. The fourth-order valence-electron chi connectivity index (χ4n) is 3.70. The largest absolute Gasteiger partial charge is 0.504 e. The highest BCUT2D eigenvalue weighted by atomic mass is 16.5. The van der Waals surface area contributed by atoms with Gasteiger partial charge in [-0.3, -0.25) is 4.98 Å². The van der Waals surface area contributed by atoms with E-state index in [1.807, 2.05) is 50.5 Å². The minimum Gasteiger partial charge on any atom is -0.504 e. The van der Waals surface area contributed by atoms with Crippen molar-refractivity contribution in [1.29, 1.82) is 5.26 Å². The highest BCUT2D eigenvalue weighted by Crippen LogP contribution is 2.32. The van der Waals surface area contributed by atoms with Crippen LogP contribution in [0.3, 0.4) is 0 Å². The third-order valence-electron chi connectivity index (χ3n) is 5.48. The fraction of sp³-hybridized carbons (Fsp3) is 0.185. The van der Waals surface area contributed by atoms with E-state index in [1.165, 1.54) is 13.2 Å². The molecule has 1 unspecified atom stereocenters. The van der Waals surface area contributed by atoms with Gasteiger partial charge in [0.15, 0.2) is 11.5 Å². The zero-order chi connectivity index (χ0) is 24.8. The molecule has 8 heteroatoms. The van der Waals surface area contributed by atoms with Gasteiger partial charge in [0.1, 0.15) is 11.9 Å². The van der Waals surface area contributed by atoms with Crippen LogP contribution in [0.1, 0.15) is 35.5 Å². The maximum Gasteiger partial charge on any atom is 0.234 e. The van der Waals surface area contributed by atoms with Crippen LogP contribution in [-0.2, 0) is 6.54 Å². The molecule has 3 N–H and O–H groups in total. The molecule has 4 aromatic rings. The van der Waals surface area contributed by atoms with Crippen molar-refractivity contribution in [2.24, 2.45) is 0 Å². The number of aromatic nitrogens is 3. The molecule has 2 aromatic carbocycles. The van der Waals surface area contributed by atoms with Crippen molar-refractivity contribution in [3.8, 4) is 28.8 Å². The van der Waals surface area contributed by atoms with Gasteiger partial charge in [0.25, 0.3) is 0 Å². The molecule has 0 bridgehead atoms. The van der Waals surface area contributed by atoms with Gasteiger partial charge in [-0.2, -0.15) is 5.26 Å². The first-order chi connectivity index (χ1) is 16.9. The summed E-state index contributed by atoms with van der Waals surface area (Å²) in [5.74, 6) is 0.930. The number of nitrogens with zero attached hydrogens (tertiary/aromatic N) is 4. The van der Waals surface area contributed by atoms with Gasteiger partial charge in [0, 0.05) is 36.3 Å². The van der Waals surface area contributed by atoms with Crippen LogP contribution in [0.5, 0.6) is 11.5 Å². The number of phenolic OH excluding ortho intramolecular Hbond substituents is 1. The Bertz CT molecular complexity index is 1380. The lowest BCUT2D eigenvalue weighted by Gasteiger charge is -2.17. The molecule has 2 heterocycles. The number of rotatable bonds is 8. The second-order valence-electron chi connectivity index (χ2n) is 8.18. The van der Waals surface area contributed by atoms with E-state index in [9.17, 15) is 10.4 Å². The number of hydrogen-bond acceptors (Lipinski definition) is 8. The Balaban J connectivity index is 1.52. The Labute approximate surface area is 204 Å². The van der Waals surface area contributed by atoms with Crippen LogP contribution in [0, 0.1) is 18.3 Å². The smallest absolute Gasteiger partial charge is 0.234 e. The molecule has 0 aliphatic heterocycles. The van der Waals surface area contributed by atoms with E-state index in [2.05, 4.69) is 37.7 Å². The summed E-state index contributed by atoms with van der Waals surface area (Å²) < 4.78 is 5.20. The van der Waals surface area contributed by atoms with Gasteiger partial charge >= 0.3 is 0 Å². The predicted molar refractivity (Wildman–Crippen MR) is 135 cm³/mol. The first-order valence-corrected chi connectivity index (χ1v) is 11.1. The molecule has 0 aliphatic carbocycles. The SMILES string of the molecule is COc1cc(-c2cc(NC(C)c3cccc(NCc4cncc(C)c4)c3)nc(C#N)n2)ccc1O. The van der Waals surface area contributed by atoms with Crippen molar-refractivity contribution in [1.82, 2.24) is 15.0 Å². The summed E-state index contributed by atoms with van der Waals surface area (Å²) in [5, 5.41) is 26.2. The van der Waals surface area contributed by atoms with E-state index >= 15 is 0 Å². The Morgan fingerprint density at radius 1 is 1.09 bits per heavy atom. The molecule has 8 nitrogen and oxygen atoms in total. The van der Waals surface area contributed by atoms with Crippen LogP contribution in [-0.4, -0.2) is 27.2 Å². The van der Waals surface area contributed by atoms with E-state index in [-0.39, 0.29) is 17.6 Å². The van der Waals surface area contributed by atoms with Crippen LogP contribution in [0.2, 0.25) is 0 Å². The normalized spacial score (nSPS) is 11.4. The summed E-state index contributed by atoms with van der Waals surface area (Å²) in [6.45, 7) is 4.73. The maximum atomic E-state index is 9.89. The standard InChI is InChI=1S/C27H26N6O2/c1-17-9-19(15-29-14-17)16-30-22-6-4-5-20(10-22)18(2)31-26-12-23(32-27(13-28)33-26)21-7-8-24(34)25(11-21)35-3/h4-12,14-15,18,30,34H,16H2,1-3H3,(H,31,32,33). The second-order valence-corrected chi connectivity index (χ2v) is 8.18. The van der Waals surface area contributed by atoms with E-state index in [1.54, 1.807) is 18.2 Å². The Morgan fingerprint density at radius 3 is 2.71 bits per heavy atom. The third kappa shape index (κ3) is 5.84. The zero-order valence-electron chi connectivity index (χ0n) is 19.8. The van der Waals surface area contributed by atoms with Gasteiger partial charge in [-0.05, 0) is 60.9 Å². The molecule has 0 saturated heterocycles. The molecule has 0 amide bonds. The van der Waals surface area contributed by atoms with Crippen molar-refractivity contribution >= 4 is 11.5 Å². The molecular formula is C27H26N6O2. The molecule has 0 spiro atoms. The quantitative estimate of drug-likeness (QED) is 0.324. The number of anilines is 2. The van der Waals surface area contributed by atoms with Crippen molar-refractivity contribution < 1.29 is 9.84 Å². The maximum absolute atomic E-state index is 9.89. The average Bonchev–Trinajstić information content (AvgIpc) is 2.87. The number of phenols is 1. The molecule has 1 atom stereocenters. The average molecular weight is 467 g/mol. The lowest BCUT2D eigenvalue weighted by Crippen LogP contribution is -2.10. The summed E-state index contributed by atoms with van der Waals surface area (Å²) in [5.41, 5.74) is 5.54. The van der Waals surface area contributed by atoms with Crippen LogP contribution in [0.25, 0.3) is 11.3 Å². The predicted octanol–water partition coefficient (Wildman–Crippen LogP) is 5.22. The number of nitriles is 1. The Kier molecular flexibility index (Phi) is 7.07. The zero-order valence-corrected chi connectivity index (χ0v) is 19.8. The van der Waals surface area contributed by atoms with Crippen molar-refractivity contribution in [3.63, 3.8) is 0 Å². The number of ether oxygens (including phenoxy) is 1. The van der Waals surface area contributed by atoms with Gasteiger partial charge < -0.3 is 20.5 Å². The molecule has 35 heavy (non-hydrogen) atoms. The molecule has 0 aliphatic rings. The number of benzene rings is 2. The number of hydrogen-bond donors (Lipinski definition) is 3. The van der Waals surface area contributed by atoms with Gasteiger partial charge in [0.05, 0.1) is 18.8 Å². The van der Waals surface area contributed by atoms with Crippen molar-refractivity contribution in [2.75, 3.05) is 17.7 Å². The summed E-state index contributed by atoms with van der Waals surface area (Å²) in [4.78, 5) is 12.9. The Hall–Kier alpha value is -4.64. The third-order valence-corrected chi connectivity index (χ3v) is 5.48. The molecule has 2 aromatic heterocycles. The van der Waals surface area contributed by atoms with Crippen LogP contribution < -0.4 is 15.4 Å². The number of aryl methyl sites for hydroxylation is 1. The van der Waals surface area contributed by atoms with Gasteiger partial charge in [-0.1, -0.05) is 18.2 Å². The summed E-state index contributed by atoms with van der Waals surface area (Å²) >= 11 is 0. The van der Waals surface area contributed by atoms with Crippen LogP contribution >= 0.6 is 0 Å². The van der Waals surface area contributed by atoms with Gasteiger partial charge in [0.2, 0.25) is 5.82 Å². The highest BCUT2D eigenvalue weighted by Gasteiger charge is 2.13. The summed E-state index contributed by atoms with van der Waals surface area (Å²) in [6, 6.07) is 18.9. The molecular weight excluding hydrogens is 440 g/mol. The summed E-state index contributed by atoms with van der Waals surface area (Å²) in [7, 11) is 1.48. The first-order valence-electron chi connectivity index (χ1n) is 11.1. The monoisotopic (exact) mass is 466 g/mol. The lowest BCUT2D eigenvalue weighted by molar-refractivity contribution is 0.373. The van der Waals surface area contributed by atoms with Crippen LogP contribution in [0.15, 0.2) is 67.0 Å². The molecule has 0 saturated carbocycles. The number of aromatic hydroxyl groups is 1. The number of methoxy groups -OCH3 is 1.